The Morgan fingerprint density at radius 1 is 1.33 bits per heavy atom. The van der Waals surface area contributed by atoms with Gasteiger partial charge in [0.2, 0.25) is 0 Å². The van der Waals surface area contributed by atoms with Crippen molar-refractivity contribution < 1.29 is 4.79 Å². The summed E-state index contributed by atoms with van der Waals surface area (Å²) in [5.41, 5.74) is 1.67. The van der Waals surface area contributed by atoms with Crippen molar-refractivity contribution in [2.75, 3.05) is 31.1 Å². The fourth-order valence-electron chi connectivity index (χ4n) is 2.67. The second-order valence-electron chi connectivity index (χ2n) is 4.61. The van der Waals surface area contributed by atoms with Crippen molar-refractivity contribution in [2.24, 2.45) is 0 Å². The van der Waals surface area contributed by atoms with Crippen LogP contribution in [0, 0.1) is 11.3 Å². The van der Waals surface area contributed by atoms with E-state index in [9.17, 15) is 4.79 Å². The maximum absolute atomic E-state index is 11.5. The van der Waals surface area contributed by atoms with E-state index in [2.05, 4.69) is 16.3 Å². The minimum absolute atomic E-state index is 0.0354. The molecule has 2 aliphatic heterocycles. The molecule has 0 radical (unpaired) electrons. The average molecular weight is 242 g/mol. The topological polar surface area (TPSA) is 59.4 Å². The lowest BCUT2D eigenvalue weighted by molar-refractivity contribution is 0.197. The molecule has 0 spiro atoms. The van der Waals surface area contributed by atoms with Crippen LogP contribution in [0.25, 0.3) is 0 Å². The van der Waals surface area contributed by atoms with Gasteiger partial charge in [-0.05, 0) is 12.1 Å². The summed E-state index contributed by atoms with van der Waals surface area (Å²) in [6.45, 7) is 2.99. The summed E-state index contributed by atoms with van der Waals surface area (Å²) in [5, 5.41) is 12.0. The van der Waals surface area contributed by atoms with Gasteiger partial charge in [0.25, 0.3) is 0 Å². The van der Waals surface area contributed by atoms with Crippen LogP contribution in [0.1, 0.15) is 5.56 Å². The van der Waals surface area contributed by atoms with E-state index in [0.717, 1.165) is 25.3 Å². The van der Waals surface area contributed by atoms with Crippen molar-refractivity contribution in [1.82, 2.24) is 10.2 Å². The number of nitrogens with zero attached hydrogens (tertiary/aromatic N) is 3. The van der Waals surface area contributed by atoms with Crippen LogP contribution in [0.5, 0.6) is 0 Å². The summed E-state index contributed by atoms with van der Waals surface area (Å²) in [6, 6.07) is 10.1. The number of hydrogen-bond donors (Lipinski definition) is 1. The lowest BCUT2D eigenvalue weighted by Gasteiger charge is -2.38. The predicted octanol–water partition coefficient (Wildman–Crippen LogP) is 0.772. The van der Waals surface area contributed by atoms with Crippen LogP contribution in [0.2, 0.25) is 0 Å². The highest BCUT2D eigenvalue weighted by Crippen LogP contribution is 2.24. The molecule has 1 aromatic carbocycles. The van der Waals surface area contributed by atoms with Gasteiger partial charge in [0, 0.05) is 26.2 Å². The molecule has 5 nitrogen and oxygen atoms in total. The molecule has 5 heteroatoms. The quantitative estimate of drug-likeness (QED) is 0.791. The molecule has 2 amide bonds. The molecule has 3 rings (SSSR count). The van der Waals surface area contributed by atoms with Crippen LogP contribution in [-0.2, 0) is 0 Å². The van der Waals surface area contributed by atoms with Gasteiger partial charge in [0.1, 0.15) is 6.07 Å². The Hall–Kier alpha value is -2.22. The summed E-state index contributed by atoms with van der Waals surface area (Å²) in [7, 11) is 0. The first-order chi connectivity index (χ1) is 8.79. The van der Waals surface area contributed by atoms with Crippen molar-refractivity contribution in [3.63, 3.8) is 0 Å². The number of piperazine rings is 1. The minimum Gasteiger partial charge on any atom is -0.367 e. The molecule has 0 saturated carbocycles. The summed E-state index contributed by atoms with van der Waals surface area (Å²) < 4.78 is 0. The van der Waals surface area contributed by atoms with Gasteiger partial charge in [-0.1, -0.05) is 12.1 Å². The first-order valence-corrected chi connectivity index (χ1v) is 6.08. The highest BCUT2D eigenvalue weighted by molar-refractivity contribution is 5.77. The van der Waals surface area contributed by atoms with Gasteiger partial charge in [-0.2, -0.15) is 5.26 Å². The van der Waals surface area contributed by atoms with Crippen LogP contribution in [0.15, 0.2) is 24.3 Å². The lowest BCUT2D eigenvalue weighted by atomic mass is 10.1. The molecule has 1 unspecified atom stereocenters. The zero-order valence-corrected chi connectivity index (χ0v) is 9.97. The maximum atomic E-state index is 11.5. The van der Waals surface area contributed by atoms with Crippen molar-refractivity contribution in [2.45, 2.75) is 6.04 Å². The Labute approximate surface area is 106 Å². The normalized spacial score (nSPS) is 22.4. The van der Waals surface area contributed by atoms with Crippen LogP contribution >= 0.6 is 0 Å². The molecule has 92 valence electrons. The number of nitrogens with one attached hydrogen (secondary N) is 1. The van der Waals surface area contributed by atoms with Gasteiger partial charge < -0.3 is 15.1 Å². The van der Waals surface area contributed by atoms with Crippen molar-refractivity contribution in [3.8, 4) is 6.07 Å². The molecule has 1 N–H and O–H groups in total. The smallest absolute Gasteiger partial charge is 0.317 e. The Bertz CT molecular complexity index is 522. The third-order valence-corrected chi connectivity index (χ3v) is 3.60. The number of anilines is 1. The number of nitriles is 1. The second-order valence-corrected chi connectivity index (χ2v) is 4.61. The number of urea groups is 1. The Balaban J connectivity index is 1.83. The lowest BCUT2D eigenvalue weighted by Crippen LogP contribution is -2.52. The molecular weight excluding hydrogens is 228 g/mol. The van der Waals surface area contributed by atoms with Gasteiger partial charge in [-0.3, -0.25) is 0 Å². The van der Waals surface area contributed by atoms with E-state index >= 15 is 0 Å². The first kappa shape index (κ1) is 10.9. The van der Waals surface area contributed by atoms with Gasteiger partial charge in [-0.25, -0.2) is 4.79 Å². The fraction of sp³-hybridized carbons (Fsp3) is 0.385. The van der Waals surface area contributed by atoms with Crippen LogP contribution in [0.3, 0.4) is 0 Å². The van der Waals surface area contributed by atoms with Gasteiger partial charge in [-0.15, -0.1) is 0 Å². The second kappa shape index (κ2) is 4.22. The summed E-state index contributed by atoms with van der Waals surface area (Å²) in [6.07, 6.45) is 0. The largest absolute Gasteiger partial charge is 0.367 e. The third kappa shape index (κ3) is 1.66. The van der Waals surface area contributed by atoms with E-state index in [-0.39, 0.29) is 12.1 Å². The monoisotopic (exact) mass is 242 g/mol. The van der Waals surface area contributed by atoms with Crippen LogP contribution in [-0.4, -0.2) is 43.2 Å². The maximum Gasteiger partial charge on any atom is 0.317 e. The molecule has 2 heterocycles. The third-order valence-electron chi connectivity index (χ3n) is 3.60. The number of amides is 2. The van der Waals surface area contributed by atoms with Gasteiger partial charge in [0.05, 0.1) is 17.3 Å². The molecule has 0 bridgehead atoms. The van der Waals surface area contributed by atoms with Crippen molar-refractivity contribution in [3.05, 3.63) is 29.8 Å². The van der Waals surface area contributed by atoms with Crippen LogP contribution in [0.4, 0.5) is 10.5 Å². The molecule has 18 heavy (non-hydrogen) atoms. The standard InChI is InChI=1S/C13H14N4O/c14-7-10-3-1-2-4-12(10)16-5-6-17-11(9-16)8-15-13(17)18/h1-4,11H,5-6,8-9H2,(H,15,18). The first-order valence-electron chi connectivity index (χ1n) is 6.08. The number of benzene rings is 1. The predicted molar refractivity (Wildman–Crippen MR) is 67.3 cm³/mol. The molecule has 0 aliphatic carbocycles. The van der Waals surface area contributed by atoms with Crippen molar-refractivity contribution >= 4 is 11.7 Å². The highest BCUT2D eigenvalue weighted by Gasteiger charge is 2.35. The SMILES string of the molecule is N#Cc1ccccc1N1CCN2C(=O)NCC2C1. The molecule has 2 saturated heterocycles. The number of rotatable bonds is 1. The zero-order valence-electron chi connectivity index (χ0n) is 9.97. The van der Waals surface area contributed by atoms with Crippen LogP contribution < -0.4 is 10.2 Å². The molecule has 0 aromatic heterocycles. The van der Waals surface area contributed by atoms with E-state index in [0.29, 0.717) is 12.1 Å². The summed E-state index contributed by atoms with van der Waals surface area (Å²) in [4.78, 5) is 15.6. The van der Waals surface area contributed by atoms with Gasteiger partial charge >= 0.3 is 6.03 Å². The summed E-state index contributed by atoms with van der Waals surface area (Å²) in [5.74, 6) is 0. The molecule has 1 atom stereocenters. The minimum atomic E-state index is 0.0354. The molecule has 2 aliphatic rings. The number of carbonyl (C=O) groups is 1. The summed E-state index contributed by atoms with van der Waals surface area (Å²) >= 11 is 0. The number of hydrogen-bond acceptors (Lipinski definition) is 3. The Morgan fingerprint density at radius 2 is 2.17 bits per heavy atom. The zero-order chi connectivity index (χ0) is 12.5. The molecular formula is C13H14N4O. The van der Waals surface area contributed by atoms with E-state index in [1.54, 1.807) is 0 Å². The highest BCUT2D eigenvalue weighted by atomic mass is 16.2. The Morgan fingerprint density at radius 3 is 3.00 bits per heavy atom. The number of para-hydroxylation sites is 1. The van der Waals surface area contributed by atoms with E-state index in [1.807, 2.05) is 29.2 Å². The average Bonchev–Trinajstić information content (AvgIpc) is 2.80. The van der Waals surface area contributed by atoms with E-state index in [4.69, 9.17) is 5.26 Å². The number of fused-ring (bicyclic) bond motifs is 1. The number of carbonyl (C=O) groups excluding carboxylic acids is 1. The molecule has 2 fully saturated rings. The van der Waals surface area contributed by atoms with E-state index in [1.165, 1.54) is 0 Å². The fourth-order valence-corrected chi connectivity index (χ4v) is 2.67. The molecule has 1 aromatic rings. The Kier molecular flexibility index (Phi) is 2.56. The van der Waals surface area contributed by atoms with Gasteiger partial charge in [0.15, 0.2) is 0 Å². The van der Waals surface area contributed by atoms with Crippen molar-refractivity contribution in [1.29, 1.82) is 5.26 Å². The van der Waals surface area contributed by atoms with E-state index < -0.39 is 0 Å².